The molecule has 0 radical (unpaired) electrons. The number of hydrogen-bond acceptors (Lipinski definition) is 1. The van der Waals surface area contributed by atoms with Gasteiger partial charge in [-0.25, -0.2) is 4.39 Å². The van der Waals surface area contributed by atoms with Crippen LogP contribution in [0.4, 0.5) is 10.1 Å². The maximum absolute atomic E-state index is 13.1. The first-order valence-electron chi connectivity index (χ1n) is 5.63. The van der Waals surface area contributed by atoms with Gasteiger partial charge in [-0.1, -0.05) is 13.8 Å². The standard InChI is InChI=1S/C13H18FNO/c1-4-11(5-2)15(9-16)12-6-7-13(14)10(3)8-12/h6-9,11H,4-5H2,1-3H3. The summed E-state index contributed by atoms with van der Waals surface area (Å²) in [4.78, 5) is 12.8. The van der Waals surface area contributed by atoms with Gasteiger partial charge in [0.1, 0.15) is 5.82 Å². The second kappa shape index (κ2) is 5.64. The summed E-state index contributed by atoms with van der Waals surface area (Å²) in [5, 5.41) is 0. The summed E-state index contributed by atoms with van der Waals surface area (Å²) in [6.45, 7) is 5.79. The van der Waals surface area contributed by atoms with E-state index in [0.717, 1.165) is 24.9 Å². The van der Waals surface area contributed by atoms with Crippen molar-refractivity contribution in [2.24, 2.45) is 0 Å². The normalized spacial score (nSPS) is 10.6. The van der Waals surface area contributed by atoms with Crippen LogP contribution in [0.3, 0.4) is 0 Å². The quantitative estimate of drug-likeness (QED) is 0.701. The van der Waals surface area contributed by atoms with E-state index in [1.165, 1.54) is 6.07 Å². The fourth-order valence-corrected chi connectivity index (χ4v) is 1.83. The molecule has 1 rings (SSSR count). The molecule has 88 valence electrons. The highest BCUT2D eigenvalue weighted by atomic mass is 19.1. The maximum Gasteiger partial charge on any atom is 0.214 e. The van der Waals surface area contributed by atoms with Gasteiger partial charge < -0.3 is 4.90 Å². The number of amides is 1. The zero-order chi connectivity index (χ0) is 12.1. The summed E-state index contributed by atoms with van der Waals surface area (Å²) in [7, 11) is 0. The van der Waals surface area contributed by atoms with Crippen LogP contribution in [0.25, 0.3) is 0 Å². The molecule has 3 heteroatoms. The molecule has 0 unspecified atom stereocenters. The van der Waals surface area contributed by atoms with Crippen LogP contribution in [0.5, 0.6) is 0 Å². The van der Waals surface area contributed by atoms with Crippen LogP contribution in [-0.2, 0) is 4.79 Å². The first-order valence-corrected chi connectivity index (χ1v) is 5.63. The lowest BCUT2D eigenvalue weighted by Crippen LogP contribution is -2.33. The Labute approximate surface area is 96.1 Å². The van der Waals surface area contributed by atoms with E-state index in [4.69, 9.17) is 0 Å². The summed E-state index contributed by atoms with van der Waals surface area (Å²) in [5.74, 6) is -0.237. The highest BCUT2D eigenvalue weighted by Crippen LogP contribution is 2.21. The topological polar surface area (TPSA) is 20.3 Å². The predicted molar refractivity (Wildman–Crippen MR) is 64.1 cm³/mol. The van der Waals surface area contributed by atoms with Gasteiger partial charge in [0.15, 0.2) is 0 Å². The highest BCUT2D eigenvalue weighted by molar-refractivity contribution is 5.76. The van der Waals surface area contributed by atoms with Crippen LogP contribution < -0.4 is 4.90 Å². The molecule has 16 heavy (non-hydrogen) atoms. The molecule has 0 bridgehead atoms. The molecule has 0 N–H and O–H groups in total. The van der Waals surface area contributed by atoms with Crippen molar-refractivity contribution >= 4 is 12.1 Å². The SMILES string of the molecule is CCC(CC)N(C=O)c1ccc(F)c(C)c1. The van der Waals surface area contributed by atoms with Gasteiger partial charge in [0.2, 0.25) is 6.41 Å². The average Bonchev–Trinajstić information content (AvgIpc) is 2.29. The first kappa shape index (κ1) is 12.7. The van der Waals surface area contributed by atoms with Gasteiger partial charge in [0.05, 0.1) is 0 Å². The Morgan fingerprint density at radius 3 is 2.44 bits per heavy atom. The smallest absolute Gasteiger partial charge is 0.214 e. The first-order chi connectivity index (χ1) is 7.63. The van der Waals surface area contributed by atoms with E-state index in [1.807, 2.05) is 13.8 Å². The van der Waals surface area contributed by atoms with Crippen molar-refractivity contribution in [2.45, 2.75) is 39.7 Å². The van der Waals surface area contributed by atoms with Gasteiger partial charge in [-0.05, 0) is 43.5 Å². The summed E-state index contributed by atoms with van der Waals surface area (Å²) in [6, 6.07) is 4.95. The largest absolute Gasteiger partial charge is 0.312 e. The fraction of sp³-hybridized carbons (Fsp3) is 0.462. The lowest BCUT2D eigenvalue weighted by molar-refractivity contribution is -0.107. The van der Waals surface area contributed by atoms with Crippen LogP contribution in [0.1, 0.15) is 32.3 Å². The average molecular weight is 223 g/mol. The van der Waals surface area contributed by atoms with E-state index >= 15 is 0 Å². The van der Waals surface area contributed by atoms with Crippen molar-refractivity contribution in [1.82, 2.24) is 0 Å². The summed E-state index contributed by atoms with van der Waals surface area (Å²) < 4.78 is 13.1. The van der Waals surface area contributed by atoms with E-state index in [-0.39, 0.29) is 11.9 Å². The van der Waals surface area contributed by atoms with Gasteiger partial charge >= 0.3 is 0 Å². The molecular weight excluding hydrogens is 205 g/mol. The van der Waals surface area contributed by atoms with Gasteiger partial charge in [-0.15, -0.1) is 0 Å². The van der Waals surface area contributed by atoms with Gasteiger partial charge in [-0.2, -0.15) is 0 Å². The molecule has 0 aliphatic rings. The Hall–Kier alpha value is -1.38. The van der Waals surface area contributed by atoms with Crippen molar-refractivity contribution in [3.63, 3.8) is 0 Å². The zero-order valence-electron chi connectivity index (χ0n) is 10.0. The lowest BCUT2D eigenvalue weighted by atomic mass is 10.1. The van der Waals surface area contributed by atoms with Crippen LogP contribution in [-0.4, -0.2) is 12.5 Å². The summed E-state index contributed by atoms with van der Waals surface area (Å²) >= 11 is 0. The number of rotatable bonds is 5. The van der Waals surface area contributed by atoms with E-state index in [0.29, 0.717) is 5.56 Å². The number of nitrogens with zero attached hydrogens (tertiary/aromatic N) is 1. The number of benzene rings is 1. The molecule has 0 atom stereocenters. The predicted octanol–water partition coefficient (Wildman–Crippen LogP) is 3.29. The van der Waals surface area contributed by atoms with E-state index in [2.05, 4.69) is 0 Å². The monoisotopic (exact) mass is 223 g/mol. The third-order valence-corrected chi connectivity index (χ3v) is 2.89. The molecule has 0 spiro atoms. The number of hydrogen-bond donors (Lipinski definition) is 0. The van der Waals surface area contributed by atoms with E-state index < -0.39 is 0 Å². The Balaban J connectivity index is 3.03. The lowest BCUT2D eigenvalue weighted by Gasteiger charge is -2.26. The Bertz CT molecular complexity index is 361. The van der Waals surface area contributed by atoms with Crippen molar-refractivity contribution < 1.29 is 9.18 Å². The minimum atomic E-state index is -0.237. The van der Waals surface area contributed by atoms with Crippen LogP contribution in [0, 0.1) is 12.7 Å². The van der Waals surface area contributed by atoms with Gasteiger partial charge in [0, 0.05) is 11.7 Å². The highest BCUT2D eigenvalue weighted by Gasteiger charge is 2.15. The molecule has 0 aliphatic carbocycles. The number of halogens is 1. The minimum Gasteiger partial charge on any atom is -0.312 e. The molecule has 0 aliphatic heterocycles. The second-order valence-corrected chi connectivity index (χ2v) is 3.92. The van der Waals surface area contributed by atoms with Crippen LogP contribution in [0.2, 0.25) is 0 Å². The maximum atomic E-state index is 13.1. The Morgan fingerprint density at radius 2 is 2.00 bits per heavy atom. The molecule has 0 heterocycles. The third kappa shape index (κ3) is 2.60. The van der Waals surface area contributed by atoms with Crippen molar-refractivity contribution in [1.29, 1.82) is 0 Å². The van der Waals surface area contributed by atoms with Gasteiger partial charge in [-0.3, -0.25) is 4.79 Å². The fourth-order valence-electron chi connectivity index (χ4n) is 1.83. The number of anilines is 1. The van der Waals surface area contributed by atoms with Gasteiger partial charge in [0.25, 0.3) is 0 Å². The zero-order valence-corrected chi connectivity index (χ0v) is 10.0. The molecule has 1 aromatic carbocycles. The van der Waals surface area contributed by atoms with Crippen LogP contribution >= 0.6 is 0 Å². The third-order valence-electron chi connectivity index (χ3n) is 2.89. The number of carbonyl (C=O) groups is 1. The molecular formula is C13H18FNO. The van der Waals surface area contributed by atoms with Crippen molar-refractivity contribution in [3.05, 3.63) is 29.6 Å². The van der Waals surface area contributed by atoms with E-state index in [1.54, 1.807) is 24.0 Å². The van der Waals surface area contributed by atoms with Crippen LogP contribution in [0.15, 0.2) is 18.2 Å². The van der Waals surface area contributed by atoms with E-state index in [9.17, 15) is 9.18 Å². The molecule has 2 nitrogen and oxygen atoms in total. The molecule has 1 amide bonds. The molecule has 0 saturated heterocycles. The Kier molecular flexibility index (Phi) is 4.47. The van der Waals surface area contributed by atoms with Crippen molar-refractivity contribution in [2.75, 3.05) is 4.90 Å². The molecule has 0 fully saturated rings. The van der Waals surface area contributed by atoms with Crippen molar-refractivity contribution in [3.8, 4) is 0 Å². The minimum absolute atomic E-state index is 0.183. The molecule has 1 aromatic rings. The number of carbonyl (C=O) groups excluding carboxylic acids is 1. The Morgan fingerprint density at radius 1 is 1.38 bits per heavy atom. The molecule has 0 saturated carbocycles. The summed E-state index contributed by atoms with van der Waals surface area (Å²) in [5.41, 5.74) is 1.33. The summed E-state index contributed by atoms with van der Waals surface area (Å²) in [6.07, 6.45) is 2.61. The second-order valence-electron chi connectivity index (χ2n) is 3.92. The molecule has 0 aromatic heterocycles. The number of aryl methyl sites for hydroxylation is 1.